The van der Waals surface area contributed by atoms with E-state index in [9.17, 15) is 0 Å². The summed E-state index contributed by atoms with van der Waals surface area (Å²) in [5, 5.41) is 7.12. The summed E-state index contributed by atoms with van der Waals surface area (Å²) < 4.78 is 7.05. The maximum absolute atomic E-state index is 4.64. The second-order valence-electron chi connectivity index (χ2n) is 11.4. The molecule has 0 saturated heterocycles. The number of rotatable bonds is 3. The summed E-state index contributed by atoms with van der Waals surface area (Å²) in [6, 6.07) is 47.7. The quantitative estimate of drug-likeness (QED) is 0.211. The number of hydrogen-bond donors (Lipinski definition) is 0. The maximum atomic E-state index is 4.64. The largest absolute Gasteiger partial charge is 0.307 e. The number of benzene rings is 6. The van der Waals surface area contributed by atoms with Crippen molar-refractivity contribution in [3.63, 3.8) is 0 Å². The lowest BCUT2D eigenvalue weighted by molar-refractivity contribution is 0.939. The van der Waals surface area contributed by atoms with E-state index in [1.54, 1.807) is 12.7 Å². The zero-order valence-corrected chi connectivity index (χ0v) is 24.0. The lowest BCUT2D eigenvalue weighted by Crippen LogP contribution is -2.04. The Morgan fingerprint density at radius 2 is 0.844 bits per heavy atom. The van der Waals surface area contributed by atoms with Gasteiger partial charge in [-0.2, -0.15) is 0 Å². The number of fused-ring (bicyclic) bond motifs is 10. The normalized spacial score (nSPS) is 12.0. The van der Waals surface area contributed by atoms with Crippen molar-refractivity contribution in [1.29, 1.82) is 0 Å². The first-order chi connectivity index (χ1) is 22.4. The van der Waals surface area contributed by atoms with Gasteiger partial charge in [-0.1, -0.05) is 97.1 Å². The molecule has 0 radical (unpaired) electrons. The number of para-hydroxylation sites is 5. The highest BCUT2D eigenvalue weighted by Crippen LogP contribution is 2.43. The Kier molecular flexibility index (Phi) is 4.90. The molecule has 0 saturated carbocycles. The molecular weight excluding hydrogens is 552 g/mol. The van der Waals surface area contributed by atoms with Crippen molar-refractivity contribution in [3.05, 3.63) is 146 Å². The van der Waals surface area contributed by atoms with Gasteiger partial charge in [0, 0.05) is 38.0 Å². The average Bonchev–Trinajstić information content (AvgIpc) is 3.75. The van der Waals surface area contributed by atoms with Gasteiger partial charge >= 0.3 is 0 Å². The average molecular weight is 577 g/mol. The minimum Gasteiger partial charge on any atom is -0.307 e. The van der Waals surface area contributed by atoms with Gasteiger partial charge in [-0.25, -0.2) is 15.0 Å². The summed E-state index contributed by atoms with van der Waals surface area (Å²) in [4.78, 5) is 13.4. The van der Waals surface area contributed by atoms with Crippen molar-refractivity contribution >= 4 is 65.4 Å². The maximum Gasteiger partial charge on any atom is 0.237 e. The van der Waals surface area contributed by atoms with E-state index in [0.29, 0.717) is 5.95 Å². The van der Waals surface area contributed by atoms with E-state index in [1.807, 2.05) is 0 Å². The third kappa shape index (κ3) is 3.25. The molecule has 6 aromatic carbocycles. The summed E-state index contributed by atoms with van der Waals surface area (Å²) in [5.74, 6) is 0.595. The van der Waals surface area contributed by atoms with Gasteiger partial charge in [-0.15, -0.1) is 0 Å². The molecule has 0 unspecified atom stereocenters. The molecule has 4 aromatic heterocycles. The van der Waals surface area contributed by atoms with E-state index in [-0.39, 0.29) is 0 Å². The van der Waals surface area contributed by atoms with E-state index in [1.165, 1.54) is 27.1 Å². The highest BCUT2D eigenvalue weighted by Gasteiger charge is 2.24. The zero-order chi connectivity index (χ0) is 29.5. The van der Waals surface area contributed by atoms with E-state index in [2.05, 4.69) is 162 Å². The Labute approximate surface area is 257 Å². The Morgan fingerprint density at radius 3 is 1.49 bits per heavy atom. The van der Waals surface area contributed by atoms with Gasteiger partial charge in [0.2, 0.25) is 5.95 Å². The minimum absolute atomic E-state index is 0.595. The van der Waals surface area contributed by atoms with Gasteiger partial charge in [-0.3, -0.25) is 4.57 Å². The summed E-state index contributed by atoms with van der Waals surface area (Å²) in [7, 11) is 0. The van der Waals surface area contributed by atoms with Gasteiger partial charge in [0.25, 0.3) is 0 Å². The van der Waals surface area contributed by atoms with Crippen LogP contribution in [0.2, 0.25) is 0 Å². The van der Waals surface area contributed by atoms with E-state index < -0.39 is 0 Å². The van der Waals surface area contributed by atoms with Crippen LogP contribution in [-0.4, -0.2) is 28.7 Å². The van der Waals surface area contributed by atoms with Crippen molar-refractivity contribution in [2.24, 2.45) is 0 Å². The highest BCUT2D eigenvalue weighted by molar-refractivity contribution is 6.24. The van der Waals surface area contributed by atoms with Gasteiger partial charge in [0.15, 0.2) is 0 Å². The first-order valence-corrected chi connectivity index (χ1v) is 15.0. The third-order valence-corrected chi connectivity index (χ3v) is 9.08. The van der Waals surface area contributed by atoms with Crippen molar-refractivity contribution in [1.82, 2.24) is 28.7 Å². The van der Waals surface area contributed by atoms with Crippen LogP contribution in [0.1, 0.15) is 0 Å². The minimum atomic E-state index is 0.595. The molecule has 0 amide bonds. The van der Waals surface area contributed by atoms with Crippen molar-refractivity contribution in [3.8, 4) is 17.3 Å². The molecule has 0 N–H and O–H groups in total. The molecule has 0 bridgehead atoms. The number of nitrogens with zero attached hydrogens (tertiary/aromatic N) is 6. The highest BCUT2D eigenvalue weighted by atomic mass is 15.2. The van der Waals surface area contributed by atoms with Crippen LogP contribution in [0.5, 0.6) is 0 Å². The van der Waals surface area contributed by atoms with Crippen LogP contribution >= 0.6 is 0 Å². The molecule has 0 aliphatic heterocycles. The van der Waals surface area contributed by atoms with Crippen molar-refractivity contribution in [2.45, 2.75) is 0 Å². The SMILES string of the molecule is c1ccc(-n2c3ccccc3c3cccc(-n4c5ccccc5c5ccc6c7ccccc7n(-c7ncncn7)c6c54)c32)cc1. The first-order valence-electron chi connectivity index (χ1n) is 15.0. The second kappa shape index (κ2) is 9.11. The lowest BCUT2D eigenvalue weighted by Gasteiger charge is -2.15. The first kappa shape index (κ1) is 24.2. The topological polar surface area (TPSA) is 53.5 Å². The van der Waals surface area contributed by atoms with Crippen LogP contribution in [0.15, 0.2) is 146 Å². The Morgan fingerprint density at radius 1 is 0.356 bits per heavy atom. The predicted octanol–water partition coefficient (Wildman–Crippen LogP) is 9.16. The van der Waals surface area contributed by atoms with Crippen molar-refractivity contribution < 1.29 is 0 Å². The fourth-order valence-corrected chi connectivity index (χ4v) is 7.33. The van der Waals surface area contributed by atoms with E-state index >= 15 is 0 Å². The molecule has 0 atom stereocenters. The van der Waals surface area contributed by atoms with Gasteiger partial charge < -0.3 is 9.13 Å². The number of hydrogen-bond acceptors (Lipinski definition) is 3. The summed E-state index contributed by atoms with van der Waals surface area (Å²) in [6.07, 6.45) is 3.13. The molecule has 0 aliphatic rings. The molecule has 6 nitrogen and oxygen atoms in total. The summed E-state index contributed by atoms with van der Waals surface area (Å²) in [5.41, 5.74) is 8.95. The van der Waals surface area contributed by atoms with Gasteiger partial charge in [0.05, 0.1) is 38.8 Å². The molecule has 10 aromatic rings. The monoisotopic (exact) mass is 576 g/mol. The molecule has 210 valence electrons. The molecule has 10 rings (SSSR count). The van der Waals surface area contributed by atoms with Crippen LogP contribution in [0.25, 0.3) is 82.7 Å². The fourth-order valence-electron chi connectivity index (χ4n) is 7.33. The van der Waals surface area contributed by atoms with E-state index in [0.717, 1.165) is 49.7 Å². The molecule has 45 heavy (non-hydrogen) atoms. The standard InChI is InChI=1S/C39H24N6/c1-2-11-25(12-3-1)43-32-17-7-4-13-26(32)29-16-10-20-35(36(29)43)44-33-18-8-5-14-27(33)30-21-22-31-28-15-6-9-19-34(28)45(38(31)37(30)44)39-41-23-40-24-42-39/h1-24H. The van der Waals surface area contributed by atoms with E-state index in [4.69, 9.17) is 0 Å². The zero-order valence-electron chi connectivity index (χ0n) is 24.0. The van der Waals surface area contributed by atoms with Gasteiger partial charge in [0.1, 0.15) is 12.7 Å². The second-order valence-corrected chi connectivity index (χ2v) is 11.4. The Bertz CT molecular complexity index is 2750. The molecule has 4 heterocycles. The van der Waals surface area contributed by atoms with Crippen LogP contribution in [0.4, 0.5) is 0 Å². The Hall–Kier alpha value is -6.27. The lowest BCUT2D eigenvalue weighted by atomic mass is 10.1. The smallest absolute Gasteiger partial charge is 0.237 e. The number of aromatic nitrogens is 6. The fraction of sp³-hybridized carbons (Fsp3) is 0. The molecule has 0 fully saturated rings. The van der Waals surface area contributed by atoms with Gasteiger partial charge in [-0.05, 0) is 36.4 Å². The Balaban J connectivity index is 1.48. The van der Waals surface area contributed by atoms with Crippen LogP contribution in [0, 0.1) is 0 Å². The van der Waals surface area contributed by atoms with Crippen molar-refractivity contribution in [2.75, 3.05) is 0 Å². The molecular formula is C39H24N6. The molecule has 0 aliphatic carbocycles. The molecule has 0 spiro atoms. The molecule has 6 heteroatoms. The predicted molar refractivity (Wildman–Crippen MR) is 183 cm³/mol. The van der Waals surface area contributed by atoms with Crippen LogP contribution in [-0.2, 0) is 0 Å². The van der Waals surface area contributed by atoms with Crippen LogP contribution < -0.4 is 0 Å². The summed E-state index contributed by atoms with van der Waals surface area (Å²) in [6.45, 7) is 0. The summed E-state index contributed by atoms with van der Waals surface area (Å²) >= 11 is 0. The third-order valence-electron chi connectivity index (χ3n) is 9.08. The van der Waals surface area contributed by atoms with Crippen LogP contribution in [0.3, 0.4) is 0 Å².